The molecule has 204 valence electrons. The molecule has 0 radical (unpaired) electrons. The lowest BCUT2D eigenvalue weighted by atomic mass is 9.65. The Labute approximate surface area is 219 Å². The molecule has 9 nitrogen and oxygen atoms in total. The maximum Gasteiger partial charge on any atom is 0.250 e. The number of hydrogen-bond donors (Lipinski definition) is 3. The minimum Gasteiger partial charge on any atom is -0.394 e. The highest BCUT2D eigenvalue weighted by molar-refractivity contribution is 6.04. The van der Waals surface area contributed by atoms with Crippen molar-refractivity contribution in [1.29, 1.82) is 0 Å². The van der Waals surface area contributed by atoms with E-state index < -0.39 is 35.1 Å². The van der Waals surface area contributed by atoms with Crippen LogP contribution in [0.2, 0.25) is 0 Å². The molecule has 0 aliphatic carbocycles. The van der Waals surface area contributed by atoms with E-state index >= 15 is 0 Å². The number of aliphatic hydroxyl groups is 1. The molecule has 3 heterocycles. The van der Waals surface area contributed by atoms with E-state index in [0.29, 0.717) is 24.9 Å². The standard InChI is InChI=1S/C28H42N4O5/c1-7-27-14-15-28(37-27)22(21(27)24(34)29-6)26(36)32(20(16-33)17(4)5)23(28)25(35)30-18-10-12-19(13-11-18)31(8-2)9-3/h10-13,17,20-23,33H,7-9,14-16H2,1-6H3,(H,29,34)(H,30,35)/t20-,21+,22-,23?,27-,28?/m0/s1. The lowest BCUT2D eigenvalue weighted by Gasteiger charge is -2.38. The van der Waals surface area contributed by atoms with Crippen LogP contribution in [0.5, 0.6) is 0 Å². The van der Waals surface area contributed by atoms with Gasteiger partial charge in [0.05, 0.1) is 30.1 Å². The van der Waals surface area contributed by atoms with Crippen molar-refractivity contribution < 1.29 is 24.2 Å². The number of nitrogens with zero attached hydrogens (tertiary/aromatic N) is 2. The van der Waals surface area contributed by atoms with E-state index in [2.05, 4.69) is 29.4 Å². The summed E-state index contributed by atoms with van der Waals surface area (Å²) in [6, 6.07) is 6.14. The fourth-order valence-corrected chi connectivity index (χ4v) is 7.04. The summed E-state index contributed by atoms with van der Waals surface area (Å²) in [4.78, 5) is 45.0. The summed E-state index contributed by atoms with van der Waals surface area (Å²) in [6.45, 7) is 11.5. The third-order valence-corrected chi connectivity index (χ3v) is 8.97. The number of likely N-dealkylation sites (tertiary alicyclic amines) is 1. The van der Waals surface area contributed by atoms with E-state index in [-0.39, 0.29) is 30.2 Å². The second kappa shape index (κ2) is 10.3. The quantitative estimate of drug-likeness (QED) is 0.442. The van der Waals surface area contributed by atoms with Crippen LogP contribution in [-0.4, -0.2) is 77.8 Å². The van der Waals surface area contributed by atoms with E-state index in [1.54, 1.807) is 7.05 Å². The van der Waals surface area contributed by atoms with Crippen molar-refractivity contribution in [3.63, 3.8) is 0 Å². The summed E-state index contributed by atoms with van der Waals surface area (Å²) < 4.78 is 6.71. The molecular formula is C28H42N4O5. The number of anilines is 2. The van der Waals surface area contributed by atoms with Crippen LogP contribution >= 0.6 is 0 Å². The van der Waals surface area contributed by atoms with Crippen molar-refractivity contribution in [2.75, 3.05) is 37.0 Å². The van der Waals surface area contributed by atoms with Crippen LogP contribution in [0.15, 0.2) is 24.3 Å². The first-order valence-electron chi connectivity index (χ1n) is 13.6. The van der Waals surface area contributed by atoms with E-state index in [9.17, 15) is 19.5 Å². The van der Waals surface area contributed by atoms with Gasteiger partial charge in [-0.3, -0.25) is 14.4 Å². The van der Waals surface area contributed by atoms with Gasteiger partial charge in [0.1, 0.15) is 11.6 Å². The summed E-state index contributed by atoms with van der Waals surface area (Å²) in [7, 11) is 1.57. The molecule has 9 heteroatoms. The number of ether oxygens (including phenoxy) is 1. The van der Waals surface area contributed by atoms with Crippen molar-refractivity contribution in [1.82, 2.24) is 10.2 Å². The van der Waals surface area contributed by atoms with Crippen LogP contribution in [-0.2, 0) is 19.1 Å². The zero-order valence-electron chi connectivity index (χ0n) is 22.9. The Hall–Kier alpha value is -2.65. The SMILES string of the molecule is CCN(CC)c1ccc(NC(=O)C2N([C@@H](CO)C(C)C)C(=O)[C@@H]3[C@H](C(=O)NC)[C@]4(CC)CCC23O4)cc1. The number of carbonyl (C=O) groups is 3. The summed E-state index contributed by atoms with van der Waals surface area (Å²) in [5.74, 6) is -2.41. The largest absolute Gasteiger partial charge is 0.394 e. The molecule has 2 unspecified atom stereocenters. The van der Waals surface area contributed by atoms with E-state index in [1.165, 1.54) is 4.90 Å². The van der Waals surface area contributed by atoms with Gasteiger partial charge in [-0.25, -0.2) is 0 Å². The van der Waals surface area contributed by atoms with Crippen LogP contribution in [0.25, 0.3) is 0 Å². The molecule has 3 amide bonds. The van der Waals surface area contributed by atoms with E-state index in [4.69, 9.17) is 4.74 Å². The number of amides is 3. The van der Waals surface area contributed by atoms with Crippen molar-refractivity contribution in [2.45, 2.75) is 77.2 Å². The Morgan fingerprint density at radius 1 is 1.14 bits per heavy atom. The third kappa shape index (κ3) is 4.11. The van der Waals surface area contributed by atoms with Gasteiger partial charge in [0.25, 0.3) is 0 Å². The number of aliphatic hydroxyl groups excluding tert-OH is 1. The molecule has 2 bridgehead atoms. The predicted octanol–water partition coefficient (Wildman–Crippen LogP) is 2.39. The molecule has 3 fully saturated rings. The molecule has 6 atom stereocenters. The van der Waals surface area contributed by atoms with Crippen LogP contribution in [0.4, 0.5) is 11.4 Å². The first-order chi connectivity index (χ1) is 17.6. The molecule has 0 aromatic heterocycles. The molecule has 1 aromatic carbocycles. The van der Waals surface area contributed by atoms with Gasteiger partial charge in [-0.15, -0.1) is 0 Å². The van der Waals surface area contributed by atoms with Gasteiger partial charge >= 0.3 is 0 Å². The highest BCUT2D eigenvalue weighted by atomic mass is 16.5. The minimum absolute atomic E-state index is 0.0939. The van der Waals surface area contributed by atoms with Crippen molar-refractivity contribution in [2.24, 2.45) is 17.8 Å². The van der Waals surface area contributed by atoms with Crippen LogP contribution in [0.3, 0.4) is 0 Å². The maximum absolute atomic E-state index is 14.1. The molecule has 0 saturated carbocycles. The Kier molecular flexibility index (Phi) is 7.59. The average Bonchev–Trinajstić information content (AvgIpc) is 3.49. The fourth-order valence-electron chi connectivity index (χ4n) is 7.04. The van der Waals surface area contributed by atoms with E-state index in [1.807, 2.05) is 45.0 Å². The number of benzene rings is 1. The lowest BCUT2D eigenvalue weighted by molar-refractivity contribution is -0.150. The predicted molar refractivity (Wildman–Crippen MR) is 142 cm³/mol. The lowest BCUT2D eigenvalue weighted by Crippen LogP contribution is -2.57. The summed E-state index contributed by atoms with van der Waals surface area (Å²) in [5, 5.41) is 16.0. The number of fused-ring (bicyclic) bond motifs is 1. The van der Waals surface area contributed by atoms with Gasteiger partial charge in [-0.1, -0.05) is 20.8 Å². The topological polar surface area (TPSA) is 111 Å². The van der Waals surface area contributed by atoms with Crippen LogP contribution in [0, 0.1) is 17.8 Å². The number of carbonyl (C=O) groups excluding carboxylic acids is 3. The smallest absolute Gasteiger partial charge is 0.250 e. The first-order valence-corrected chi connectivity index (χ1v) is 13.6. The summed E-state index contributed by atoms with van der Waals surface area (Å²) in [5.41, 5.74) is -0.199. The van der Waals surface area contributed by atoms with Crippen molar-refractivity contribution >= 4 is 29.1 Å². The van der Waals surface area contributed by atoms with Gasteiger partial charge in [0.15, 0.2) is 0 Å². The van der Waals surface area contributed by atoms with Gasteiger partial charge in [0, 0.05) is 31.5 Å². The number of rotatable bonds is 10. The normalized spacial score (nSPS) is 31.0. The third-order valence-electron chi connectivity index (χ3n) is 8.97. The zero-order chi connectivity index (χ0) is 27.1. The molecule has 3 N–H and O–H groups in total. The maximum atomic E-state index is 14.1. The molecule has 37 heavy (non-hydrogen) atoms. The van der Waals surface area contributed by atoms with Gasteiger partial charge in [-0.05, 0) is 63.3 Å². The highest BCUT2D eigenvalue weighted by Crippen LogP contribution is 2.64. The van der Waals surface area contributed by atoms with Gasteiger partial charge < -0.3 is 30.3 Å². The number of nitrogens with one attached hydrogen (secondary N) is 2. The van der Waals surface area contributed by atoms with Gasteiger partial charge in [0.2, 0.25) is 17.7 Å². The van der Waals surface area contributed by atoms with Crippen LogP contribution < -0.4 is 15.5 Å². The zero-order valence-corrected chi connectivity index (χ0v) is 22.9. The molecule has 3 saturated heterocycles. The fraction of sp³-hybridized carbons (Fsp3) is 0.679. The van der Waals surface area contributed by atoms with Crippen molar-refractivity contribution in [3.8, 4) is 0 Å². The Balaban J connectivity index is 1.73. The molecular weight excluding hydrogens is 472 g/mol. The second-order valence-electron chi connectivity index (χ2n) is 10.9. The average molecular weight is 515 g/mol. The summed E-state index contributed by atoms with van der Waals surface area (Å²) >= 11 is 0. The minimum atomic E-state index is -1.11. The van der Waals surface area contributed by atoms with Crippen molar-refractivity contribution in [3.05, 3.63) is 24.3 Å². The first kappa shape index (κ1) is 27.4. The second-order valence-corrected chi connectivity index (χ2v) is 10.9. The number of hydrogen-bond acceptors (Lipinski definition) is 6. The molecule has 3 aliphatic rings. The Morgan fingerprint density at radius 2 is 1.78 bits per heavy atom. The summed E-state index contributed by atoms with van der Waals surface area (Å²) in [6.07, 6.45) is 1.69. The Bertz CT molecular complexity index is 1030. The monoisotopic (exact) mass is 514 g/mol. The highest BCUT2D eigenvalue weighted by Gasteiger charge is 2.79. The van der Waals surface area contributed by atoms with E-state index in [0.717, 1.165) is 18.8 Å². The molecule has 4 rings (SSSR count). The van der Waals surface area contributed by atoms with Gasteiger partial charge in [-0.2, -0.15) is 0 Å². The Morgan fingerprint density at radius 3 is 2.30 bits per heavy atom. The van der Waals surface area contributed by atoms with Crippen LogP contribution in [0.1, 0.15) is 53.9 Å². The molecule has 3 aliphatic heterocycles. The molecule has 1 aromatic rings. The molecule has 1 spiro atoms.